The first kappa shape index (κ1) is 24.0. The SMILES string of the molecule is CC(=O)F.NC(N)=NCCCC(NC(=O)C(N)Cc1ccccc1)C(=O)O. The summed E-state index contributed by atoms with van der Waals surface area (Å²) in [4.78, 5) is 35.8. The predicted molar refractivity (Wildman–Crippen MR) is 99.4 cm³/mol. The molecule has 1 aromatic carbocycles. The van der Waals surface area contributed by atoms with E-state index >= 15 is 0 Å². The highest BCUT2D eigenvalue weighted by Gasteiger charge is 2.23. The molecule has 0 saturated heterocycles. The summed E-state index contributed by atoms with van der Waals surface area (Å²) < 4.78 is 10.4. The van der Waals surface area contributed by atoms with E-state index in [0.717, 1.165) is 12.5 Å². The average Bonchev–Trinajstić information content (AvgIpc) is 2.57. The molecule has 10 heteroatoms. The van der Waals surface area contributed by atoms with Gasteiger partial charge in [0.05, 0.1) is 6.04 Å². The molecule has 1 aromatic rings. The molecule has 0 spiro atoms. The Morgan fingerprint density at radius 1 is 1.22 bits per heavy atom. The Kier molecular flexibility index (Phi) is 11.8. The molecule has 0 bridgehead atoms. The second-order valence-corrected chi connectivity index (χ2v) is 5.61. The summed E-state index contributed by atoms with van der Waals surface area (Å²) in [5.41, 5.74) is 17.1. The van der Waals surface area contributed by atoms with Crippen molar-refractivity contribution in [3.05, 3.63) is 35.9 Å². The van der Waals surface area contributed by atoms with E-state index in [0.29, 0.717) is 19.4 Å². The normalized spacial score (nSPS) is 12.0. The third-order valence-corrected chi connectivity index (χ3v) is 3.20. The third kappa shape index (κ3) is 12.9. The van der Waals surface area contributed by atoms with Crippen molar-refractivity contribution in [2.45, 2.75) is 38.3 Å². The lowest BCUT2D eigenvalue weighted by molar-refractivity contribution is -0.142. The van der Waals surface area contributed by atoms with E-state index < -0.39 is 30.0 Å². The zero-order valence-electron chi connectivity index (χ0n) is 15.1. The highest BCUT2D eigenvalue weighted by molar-refractivity contribution is 5.87. The summed E-state index contributed by atoms with van der Waals surface area (Å²) in [6, 6.07) is 6.13. The van der Waals surface area contributed by atoms with E-state index in [1.54, 1.807) is 0 Å². The highest BCUT2D eigenvalue weighted by atomic mass is 19.1. The third-order valence-electron chi connectivity index (χ3n) is 3.20. The fourth-order valence-corrected chi connectivity index (χ4v) is 2.00. The number of carboxylic acid groups (broad SMARTS) is 1. The number of rotatable bonds is 9. The number of nitrogens with two attached hydrogens (primary N) is 3. The van der Waals surface area contributed by atoms with Crippen molar-refractivity contribution in [3.63, 3.8) is 0 Å². The van der Waals surface area contributed by atoms with E-state index in [4.69, 9.17) is 27.1 Å². The molecule has 8 N–H and O–H groups in total. The molecule has 2 atom stereocenters. The van der Waals surface area contributed by atoms with Gasteiger partial charge >= 0.3 is 5.97 Å². The van der Waals surface area contributed by atoms with Gasteiger partial charge in [0.25, 0.3) is 6.04 Å². The number of amides is 1. The van der Waals surface area contributed by atoms with Crippen LogP contribution in [0.3, 0.4) is 0 Å². The van der Waals surface area contributed by atoms with Crippen LogP contribution in [0.4, 0.5) is 4.39 Å². The van der Waals surface area contributed by atoms with Crippen molar-refractivity contribution in [3.8, 4) is 0 Å². The number of hydrogen-bond acceptors (Lipinski definition) is 5. The standard InChI is InChI=1S/C15H23N5O3.C2H3FO/c16-11(9-10-5-2-1-3-6-10)13(21)20-12(14(22)23)7-4-8-19-15(17)18;1-2(3)4/h1-3,5-6,11-12H,4,7-9,16H2,(H,20,21)(H,22,23)(H4,17,18,19);1H3. The van der Waals surface area contributed by atoms with Gasteiger partial charge in [-0.15, -0.1) is 0 Å². The van der Waals surface area contributed by atoms with Crippen LogP contribution in [0.1, 0.15) is 25.3 Å². The number of carbonyl (C=O) groups is 3. The summed E-state index contributed by atoms with van der Waals surface area (Å²) in [7, 11) is 0. The molecule has 9 nitrogen and oxygen atoms in total. The summed E-state index contributed by atoms with van der Waals surface area (Å²) in [6.45, 7) is 1.16. The number of carboxylic acids is 1. The largest absolute Gasteiger partial charge is 0.480 e. The lowest BCUT2D eigenvalue weighted by Crippen LogP contribution is -2.49. The van der Waals surface area contributed by atoms with Gasteiger partial charge in [-0.2, -0.15) is 4.39 Å². The molecule has 0 fully saturated rings. The monoisotopic (exact) mass is 383 g/mol. The fourth-order valence-electron chi connectivity index (χ4n) is 2.00. The first-order valence-corrected chi connectivity index (χ1v) is 8.17. The Morgan fingerprint density at radius 3 is 2.26 bits per heavy atom. The summed E-state index contributed by atoms with van der Waals surface area (Å²) in [5.74, 6) is -1.66. The second-order valence-electron chi connectivity index (χ2n) is 5.61. The van der Waals surface area contributed by atoms with Gasteiger partial charge in [-0.05, 0) is 24.8 Å². The molecule has 150 valence electrons. The van der Waals surface area contributed by atoms with Crippen LogP contribution in [-0.4, -0.2) is 47.6 Å². The molecule has 2 unspecified atom stereocenters. The Labute approximate surface area is 156 Å². The molecule has 27 heavy (non-hydrogen) atoms. The van der Waals surface area contributed by atoms with Crippen LogP contribution < -0.4 is 22.5 Å². The van der Waals surface area contributed by atoms with Gasteiger partial charge in [0.1, 0.15) is 6.04 Å². The van der Waals surface area contributed by atoms with E-state index in [1.807, 2.05) is 30.3 Å². The summed E-state index contributed by atoms with van der Waals surface area (Å²) >= 11 is 0. The fraction of sp³-hybridized carbons (Fsp3) is 0.412. The van der Waals surface area contributed by atoms with Crippen LogP contribution in [0.25, 0.3) is 0 Å². The topological polar surface area (TPSA) is 174 Å². The molecule has 0 aliphatic heterocycles. The summed E-state index contributed by atoms with van der Waals surface area (Å²) in [6.07, 6.45) is 0.992. The molecular weight excluding hydrogens is 357 g/mol. The smallest absolute Gasteiger partial charge is 0.326 e. The maximum atomic E-state index is 12.0. The van der Waals surface area contributed by atoms with Crippen LogP contribution in [0, 0.1) is 0 Å². The number of halogens is 1. The van der Waals surface area contributed by atoms with Crippen LogP contribution in [0.5, 0.6) is 0 Å². The van der Waals surface area contributed by atoms with Crippen LogP contribution in [-0.2, 0) is 20.8 Å². The van der Waals surface area contributed by atoms with Gasteiger partial charge in [0, 0.05) is 13.5 Å². The molecule has 0 saturated carbocycles. The quantitative estimate of drug-likeness (QED) is 0.168. The Bertz CT molecular complexity index is 631. The van der Waals surface area contributed by atoms with E-state index in [9.17, 15) is 14.0 Å². The molecule has 0 aromatic heterocycles. The van der Waals surface area contributed by atoms with Crippen LogP contribution in [0.2, 0.25) is 0 Å². The summed E-state index contributed by atoms with van der Waals surface area (Å²) in [5, 5.41) is 11.6. The van der Waals surface area contributed by atoms with Crippen molar-refractivity contribution >= 4 is 23.9 Å². The first-order chi connectivity index (χ1) is 12.6. The van der Waals surface area contributed by atoms with Crippen molar-refractivity contribution < 1.29 is 23.9 Å². The predicted octanol–water partition coefficient (Wildman–Crippen LogP) is -0.318. The number of guanidine groups is 1. The lowest BCUT2D eigenvalue weighted by Gasteiger charge is -2.17. The van der Waals surface area contributed by atoms with Gasteiger partial charge in [-0.1, -0.05) is 30.3 Å². The number of carbonyl (C=O) groups excluding carboxylic acids is 2. The zero-order chi connectivity index (χ0) is 20.8. The Balaban J connectivity index is 0.00000153. The molecular formula is C17H26FN5O4. The molecule has 0 heterocycles. The molecule has 0 radical (unpaired) electrons. The minimum atomic E-state index is -1.33. The number of aliphatic carboxylic acids is 1. The average molecular weight is 383 g/mol. The van der Waals surface area contributed by atoms with Gasteiger partial charge in [-0.25, -0.2) is 4.79 Å². The van der Waals surface area contributed by atoms with Gasteiger partial charge in [0.15, 0.2) is 5.96 Å². The lowest BCUT2D eigenvalue weighted by atomic mass is 10.1. The van der Waals surface area contributed by atoms with Gasteiger partial charge in [0.2, 0.25) is 5.91 Å². The van der Waals surface area contributed by atoms with Gasteiger partial charge < -0.3 is 27.6 Å². The number of aliphatic imine (C=N–C) groups is 1. The maximum Gasteiger partial charge on any atom is 0.326 e. The number of benzene rings is 1. The first-order valence-electron chi connectivity index (χ1n) is 8.17. The van der Waals surface area contributed by atoms with E-state index in [-0.39, 0.29) is 12.4 Å². The van der Waals surface area contributed by atoms with Crippen LogP contribution in [0.15, 0.2) is 35.3 Å². The van der Waals surface area contributed by atoms with Gasteiger partial charge in [-0.3, -0.25) is 14.6 Å². The van der Waals surface area contributed by atoms with Crippen molar-refractivity contribution in [1.29, 1.82) is 0 Å². The van der Waals surface area contributed by atoms with Crippen molar-refractivity contribution in [2.75, 3.05) is 6.54 Å². The minimum absolute atomic E-state index is 0.0502. The number of hydrogen-bond donors (Lipinski definition) is 5. The molecule has 0 aliphatic rings. The van der Waals surface area contributed by atoms with E-state index in [1.165, 1.54) is 0 Å². The molecule has 0 aliphatic carbocycles. The highest BCUT2D eigenvalue weighted by Crippen LogP contribution is 2.04. The zero-order valence-corrected chi connectivity index (χ0v) is 15.1. The molecule has 1 rings (SSSR count). The maximum absolute atomic E-state index is 12.0. The minimum Gasteiger partial charge on any atom is -0.480 e. The van der Waals surface area contributed by atoms with Crippen LogP contribution >= 0.6 is 0 Å². The van der Waals surface area contributed by atoms with E-state index in [2.05, 4.69) is 10.3 Å². The number of nitrogens with zero attached hydrogens (tertiary/aromatic N) is 1. The molecule has 1 amide bonds. The van der Waals surface area contributed by atoms with Crippen molar-refractivity contribution in [1.82, 2.24) is 5.32 Å². The Hall–Kier alpha value is -3.01. The Morgan fingerprint density at radius 2 is 1.78 bits per heavy atom. The number of nitrogens with one attached hydrogen (secondary N) is 1. The van der Waals surface area contributed by atoms with Crippen molar-refractivity contribution in [2.24, 2.45) is 22.2 Å². The second kappa shape index (κ2) is 13.2.